The van der Waals surface area contributed by atoms with Gasteiger partial charge in [-0.15, -0.1) is 0 Å². The van der Waals surface area contributed by atoms with Gasteiger partial charge >= 0.3 is 0 Å². The van der Waals surface area contributed by atoms with E-state index in [0.29, 0.717) is 13.2 Å². The van der Waals surface area contributed by atoms with Gasteiger partial charge < -0.3 is 9.64 Å². The van der Waals surface area contributed by atoms with Crippen LogP contribution in [-0.2, 0) is 4.74 Å². The number of ether oxygens (including phenoxy) is 1. The lowest BCUT2D eigenvalue weighted by molar-refractivity contribution is 0.0784. The van der Waals surface area contributed by atoms with Gasteiger partial charge in [0, 0.05) is 26.3 Å². The van der Waals surface area contributed by atoms with Crippen molar-refractivity contribution in [1.82, 2.24) is 4.90 Å². The lowest BCUT2D eigenvalue weighted by Gasteiger charge is -2.20. The highest BCUT2D eigenvalue weighted by Crippen LogP contribution is 2.12. The Balaban J connectivity index is 2.71. The third-order valence-electron chi connectivity index (χ3n) is 2.92. The first kappa shape index (κ1) is 15.2. The van der Waals surface area contributed by atoms with Crippen LogP contribution in [-0.4, -0.2) is 42.9 Å². The van der Waals surface area contributed by atoms with E-state index in [1.807, 2.05) is 32.0 Å². The average molecular weight is 314 g/mol. The molecule has 1 unspecified atom stereocenters. The third-order valence-corrected chi connectivity index (χ3v) is 3.47. The van der Waals surface area contributed by atoms with Crippen molar-refractivity contribution < 1.29 is 9.53 Å². The highest BCUT2D eigenvalue weighted by molar-refractivity contribution is 9.09. The predicted molar refractivity (Wildman–Crippen MR) is 77.5 cm³/mol. The van der Waals surface area contributed by atoms with E-state index in [9.17, 15) is 4.79 Å². The van der Waals surface area contributed by atoms with Gasteiger partial charge in [-0.1, -0.05) is 22.0 Å². The average Bonchev–Trinajstić information content (AvgIpc) is 2.32. The van der Waals surface area contributed by atoms with Crippen molar-refractivity contribution >= 4 is 21.8 Å². The van der Waals surface area contributed by atoms with Gasteiger partial charge in [0.05, 0.1) is 11.4 Å². The van der Waals surface area contributed by atoms with Crippen LogP contribution in [0.2, 0.25) is 0 Å². The zero-order valence-corrected chi connectivity index (χ0v) is 13.0. The highest BCUT2D eigenvalue weighted by atomic mass is 79.9. The van der Waals surface area contributed by atoms with E-state index in [4.69, 9.17) is 4.74 Å². The van der Waals surface area contributed by atoms with Crippen LogP contribution < -0.4 is 0 Å². The molecule has 0 bridgehead atoms. The molecule has 0 heterocycles. The van der Waals surface area contributed by atoms with Crippen molar-refractivity contribution in [3.05, 3.63) is 34.9 Å². The minimum Gasteiger partial charge on any atom is -0.383 e. The summed E-state index contributed by atoms with van der Waals surface area (Å²) in [4.78, 5) is 14.1. The summed E-state index contributed by atoms with van der Waals surface area (Å²) in [5.74, 6) is 0.0404. The van der Waals surface area contributed by atoms with Gasteiger partial charge in [0.15, 0.2) is 0 Å². The number of hydrogen-bond donors (Lipinski definition) is 0. The van der Waals surface area contributed by atoms with E-state index in [1.54, 1.807) is 19.1 Å². The summed E-state index contributed by atoms with van der Waals surface area (Å²) in [6.45, 7) is 5.27. The van der Waals surface area contributed by atoms with Crippen molar-refractivity contribution in [3.8, 4) is 0 Å². The van der Waals surface area contributed by atoms with Gasteiger partial charge in [0.1, 0.15) is 0 Å². The monoisotopic (exact) mass is 313 g/mol. The number of nitrogens with zero attached hydrogens (tertiary/aromatic N) is 1. The molecule has 0 N–H and O–H groups in total. The predicted octanol–water partition coefficient (Wildman–Crippen LogP) is 2.79. The molecule has 0 aliphatic heterocycles. The first-order valence-electron chi connectivity index (χ1n) is 5.91. The van der Waals surface area contributed by atoms with Gasteiger partial charge in [-0.25, -0.2) is 0 Å². The zero-order chi connectivity index (χ0) is 13.7. The Morgan fingerprint density at radius 1 is 1.39 bits per heavy atom. The Hall–Kier alpha value is -0.870. The summed E-state index contributed by atoms with van der Waals surface area (Å²) in [7, 11) is 3.46. The number of aryl methyl sites for hydroxylation is 2. The van der Waals surface area contributed by atoms with Crippen LogP contribution in [0, 0.1) is 13.8 Å². The second kappa shape index (κ2) is 6.90. The number of halogens is 1. The number of carbonyl (C=O) groups is 1. The Morgan fingerprint density at radius 3 is 2.61 bits per heavy atom. The maximum atomic E-state index is 12.2. The Morgan fingerprint density at radius 2 is 2.06 bits per heavy atom. The molecule has 0 aliphatic carbocycles. The maximum absolute atomic E-state index is 12.2. The first-order valence-corrected chi connectivity index (χ1v) is 6.83. The maximum Gasteiger partial charge on any atom is 0.253 e. The molecular weight excluding hydrogens is 294 g/mol. The molecule has 0 radical (unpaired) electrons. The number of alkyl halides is 1. The molecule has 4 heteroatoms. The van der Waals surface area contributed by atoms with Crippen LogP contribution in [0.3, 0.4) is 0 Å². The molecule has 18 heavy (non-hydrogen) atoms. The normalized spacial score (nSPS) is 12.3. The summed E-state index contributed by atoms with van der Waals surface area (Å²) >= 11 is 3.49. The molecule has 0 spiro atoms. The fourth-order valence-corrected chi connectivity index (χ4v) is 2.41. The van der Waals surface area contributed by atoms with E-state index in [1.165, 1.54) is 5.56 Å². The Bertz CT molecular complexity index is 420. The van der Waals surface area contributed by atoms with Crippen LogP contribution >= 0.6 is 15.9 Å². The molecule has 1 aromatic carbocycles. The molecule has 0 aromatic heterocycles. The van der Waals surface area contributed by atoms with Gasteiger partial charge in [0.2, 0.25) is 0 Å². The molecule has 1 rings (SSSR count). The summed E-state index contributed by atoms with van der Waals surface area (Å²) in [6, 6.07) is 5.80. The topological polar surface area (TPSA) is 29.5 Å². The van der Waals surface area contributed by atoms with Crippen molar-refractivity contribution in [3.63, 3.8) is 0 Å². The van der Waals surface area contributed by atoms with Crippen LogP contribution in [0.15, 0.2) is 18.2 Å². The fraction of sp³-hybridized carbons (Fsp3) is 0.500. The SMILES string of the molecule is COCC(Br)CN(C)C(=O)c1ccc(C)c(C)c1. The first-order chi connectivity index (χ1) is 8.45. The molecule has 100 valence electrons. The Labute approximate surface area is 117 Å². The summed E-state index contributed by atoms with van der Waals surface area (Å²) < 4.78 is 5.04. The van der Waals surface area contributed by atoms with Crippen molar-refractivity contribution in [2.45, 2.75) is 18.7 Å². The Kier molecular flexibility index (Phi) is 5.82. The van der Waals surface area contributed by atoms with Crippen molar-refractivity contribution in [2.24, 2.45) is 0 Å². The van der Waals surface area contributed by atoms with E-state index in [2.05, 4.69) is 15.9 Å². The molecule has 0 saturated carbocycles. The van der Waals surface area contributed by atoms with Crippen molar-refractivity contribution in [1.29, 1.82) is 0 Å². The minimum absolute atomic E-state index is 0.0404. The third kappa shape index (κ3) is 4.10. The largest absolute Gasteiger partial charge is 0.383 e. The van der Waals surface area contributed by atoms with Gasteiger partial charge in [0.25, 0.3) is 5.91 Å². The quantitative estimate of drug-likeness (QED) is 0.782. The number of hydrogen-bond acceptors (Lipinski definition) is 2. The van der Waals surface area contributed by atoms with E-state index < -0.39 is 0 Å². The molecule has 1 atom stereocenters. The molecular formula is C14H20BrNO2. The van der Waals surface area contributed by atoms with E-state index in [-0.39, 0.29) is 10.7 Å². The van der Waals surface area contributed by atoms with Crippen molar-refractivity contribution in [2.75, 3.05) is 27.3 Å². The number of rotatable bonds is 5. The summed E-state index contributed by atoms with van der Waals surface area (Å²) in [6.07, 6.45) is 0. The zero-order valence-electron chi connectivity index (χ0n) is 11.4. The lowest BCUT2D eigenvalue weighted by atomic mass is 10.1. The number of carbonyl (C=O) groups excluding carboxylic acids is 1. The highest BCUT2D eigenvalue weighted by Gasteiger charge is 2.15. The number of methoxy groups -OCH3 is 1. The fourth-order valence-electron chi connectivity index (χ4n) is 1.71. The molecule has 0 fully saturated rings. The summed E-state index contributed by atoms with van der Waals surface area (Å²) in [5, 5.41) is 0. The summed E-state index contributed by atoms with van der Waals surface area (Å²) in [5.41, 5.74) is 3.08. The number of benzene rings is 1. The standard InChI is InChI=1S/C14H20BrNO2/c1-10-5-6-12(7-11(10)2)14(17)16(3)8-13(15)9-18-4/h5-7,13H,8-9H2,1-4H3. The second-order valence-corrected chi connectivity index (χ2v) is 5.83. The van der Waals surface area contributed by atoms with E-state index in [0.717, 1.165) is 11.1 Å². The lowest BCUT2D eigenvalue weighted by Crippen LogP contribution is -2.33. The van der Waals surface area contributed by atoms with Gasteiger partial charge in [-0.2, -0.15) is 0 Å². The smallest absolute Gasteiger partial charge is 0.253 e. The second-order valence-electron chi connectivity index (χ2n) is 4.54. The number of amides is 1. The molecule has 0 aliphatic rings. The van der Waals surface area contributed by atoms with Crippen LogP contribution in [0.1, 0.15) is 21.5 Å². The van der Waals surface area contributed by atoms with Crippen LogP contribution in [0.25, 0.3) is 0 Å². The molecule has 1 amide bonds. The van der Waals surface area contributed by atoms with E-state index >= 15 is 0 Å². The van der Waals surface area contributed by atoms with Crippen LogP contribution in [0.5, 0.6) is 0 Å². The molecule has 1 aromatic rings. The minimum atomic E-state index is 0.0404. The molecule has 0 saturated heterocycles. The van der Waals surface area contributed by atoms with Crippen LogP contribution in [0.4, 0.5) is 0 Å². The van der Waals surface area contributed by atoms with Gasteiger partial charge in [-0.05, 0) is 37.1 Å². The molecule has 3 nitrogen and oxygen atoms in total. The van der Waals surface area contributed by atoms with Gasteiger partial charge in [-0.3, -0.25) is 4.79 Å².